The maximum Gasteiger partial charge on any atom is 0.306 e. The number of aryl methyl sites for hydroxylation is 2. The number of phenolic OH excluding ortho intramolecular Hbond substituents is 2. The SMILES string of the molecule is Cc1c(CCC(=O)OCC(C)OC(=O)CCc2cc(C(C)(C)C)c(O)c(C)c2C)cc(C(C)(C)C)c(O)c1C. The Hall–Kier alpha value is -3.02. The van der Waals surface area contributed by atoms with Gasteiger partial charge in [-0.2, -0.15) is 0 Å². The van der Waals surface area contributed by atoms with Crippen LogP contribution >= 0.6 is 0 Å². The van der Waals surface area contributed by atoms with Crippen molar-refractivity contribution in [1.29, 1.82) is 0 Å². The molecule has 2 rings (SSSR count). The molecule has 39 heavy (non-hydrogen) atoms. The number of hydrogen-bond acceptors (Lipinski definition) is 6. The van der Waals surface area contributed by atoms with Crippen LogP contribution in [0, 0.1) is 27.7 Å². The highest BCUT2D eigenvalue weighted by Gasteiger charge is 2.24. The van der Waals surface area contributed by atoms with Crippen molar-refractivity contribution in [2.75, 3.05) is 6.61 Å². The quantitative estimate of drug-likeness (QED) is 0.334. The van der Waals surface area contributed by atoms with Gasteiger partial charge < -0.3 is 19.7 Å². The molecule has 216 valence electrons. The fourth-order valence-corrected chi connectivity index (χ4v) is 4.68. The third-order valence-electron chi connectivity index (χ3n) is 7.57. The molecular formula is C33H48O6. The summed E-state index contributed by atoms with van der Waals surface area (Å²) in [6, 6.07) is 3.97. The Bertz CT molecular complexity index is 1210. The zero-order valence-electron chi connectivity index (χ0n) is 25.8. The fraction of sp³-hybridized carbons (Fsp3) is 0.576. The van der Waals surface area contributed by atoms with Gasteiger partial charge in [0.25, 0.3) is 0 Å². The second-order valence-electron chi connectivity index (χ2n) is 12.8. The van der Waals surface area contributed by atoms with Crippen molar-refractivity contribution in [3.05, 3.63) is 56.6 Å². The summed E-state index contributed by atoms with van der Waals surface area (Å²) in [7, 11) is 0. The van der Waals surface area contributed by atoms with Gasteiger partial charge in [0.15, 0.2) is 0 Å². The molecule has 6 heteroatoms. The van der Waals surface area contributed by atoms with Gasteiger partial charge in [-0.25, -0.2) is 0 Å². The molecule has 1 unspecified atom stereocenters. The summed E-state index contributed by atoms with van der Waals surface area (Å²) >= 11 is 0. The molecule has 0 aromatic heterocycles. The van der Waals surface area contributed by atoms with Crippen LogP contribution < -0.4 is 0 Å². The number of benzene rings is 2. The highest BCUT2D eigenvalue weighted by molar-refractivity contribution is 5.71. The summed E-state index contributed by atoms with van der Waals surface area (Å²) in [6.07, 6.45) is 0.848. The molecular weight excluding hydrogens is 492 g/mol. The molecule has 0 aliphatic carbocycles. The largest absolute Gasteiger partial charge is 0.507 e. The van der Waals surface area contributed by atoms with Crippen molar-refractivity contribution >= 4 is 11.9 Å². The van der Waals surface area contributed by atoms with E-state index in [4.69, 9.17) is 9.47 Å². The number of carbonyl (C=O) groups excluding carboxylic acids is 2. The second-order valence-corrected chi connectivity index (χ2v) is 12.8. The average Bonchev–Trinajstić information content (AvgIpc) is 2.82. The lowest BCUT2D eigenvalue weighted by atomic mass is 9.82. The Morgan fingerprint density at radius 1 is 0.718 bits per heavy atom. The van der Waals surface area contributed by atoms with Crippen LogP contribution in [-0.2, 0) is 42.7 Å². The number of phenols is 2. The number of esters is 2. The monoisotopic (exact) mass is 540 g/mol. The molecule has 0 aliphatic heterocycles. The van der Waals surface area contributed by atoms with E-state index < -0.39 is 6.10 Å². The molecule has 6 nitrogen and oxygen atoms in total. The lowest BCUT2D eigenvalue weighted by Gasteiger charge is -2.24. The van der Waals surface area contributed by atoms with Gasteiger partial charge in [-0.3, -0.25) is 9.59 Å². The number of ether oxygens (including phenoxy) is 2. The first kappa shape index (κ1) is 32.2. The van der Waals surface area contributed by atoms with E-state index in [9.17, 15) is 19.8 Å². The minimum absolute atomic E-state index is 0.00306. The summed E-state index contributed by atoms with van der Waals surface area (Å²) in [4.78, 5) is 24.9. The van der Waals surface area contributed by atoms with Crippen LogP contribution in [-0.4, -0.2) is 34.9 Å². The Kier molecular flexibility index (Phi) is 10.3. The molecule has 0 aliphatic rings. The van der Waals surface area contributed by atoms with Gasteiger partial charge >= 0.3 is 11.9 Å². The summed E-state index contributed by atoms with van der Waals surface area (Å²) < 4.78 is 10.9. The van der Waals surface area contributed by atoms with Crippen molar-refractivity contribution in [1.82, 2.24) is 0 Å². The van der Waals surface area contributed by atoms with Crippen LogP contribution in [0.4, 0.5) is 0 Å². The maximum absolute atomic E-state index is 12.5. The van der Waals surface area contributed by atoms with E-state index in [1.807, 2.05) is 81.4 Å². The molecule has 0 radical (unpaired) electrons. The predicted octanol–water partition coefficient (Wildman–Crippen LogP) is 6.97. The van der Waals surface area contributed by atoms with E-state index in [1.165, 1.54) is 0 Å². The molecule has 0 saturated heterocycles. The van der Waals surface area contributed by atoms with Crippen LogP contribution in [0.2, 0.25) is 0 Å². The number of carbonyl (C=O) groups is 2. The van der Waals surface area contributed by atoms with E-state index in [2.05, 4.69) is 0 Å². The smallest absolute Gasteiger partial charge is 0.306 e. The topological polar surface area (TPSA) is 93.1 Å². The standard InChI is InChI=1S/C33H48O6/c1-19(39-29(35)15-13-25-17-27(33(9,10)11)31(37)23(5)21(25)3)18-38-28(34)14-12-24-16-26(32(6,7)8)30(36)22(4)20(24)2/h16-17,19,36-37H,12-15,18H2,1-11H3. The first-order valence-electron chi connectivity index (χ1n) is 13.8. The van der Waals surface area contributed by atoms with Crippen molar-refractivity contribution in [2.24, 2.45) is 0 Å². The second kappa shape index (κ2) is 12.4. The van der Waals surface area contributed by atoms with E-state index in [1.54, 1.807) is 6.92 Å². The maximum atomic E-state index is 12.5. The van der Waals surface area contributed by atoms with Crippen LogP contribution in [0.1, 0.15) is 106 Å². The molecule has 1 atom stereocenters. The third-order valence-corrected chi connectivity index (χ3v) is 7.57. The Labute approximate surface area is 234 Å². The lowest BCUT2D eigenvalue weighted by Crippen LogP contribution is -2.23. The Balaban J connectivity index is 1.90. The third kappa shape index (κ3) is 8.23. The van der Waals surface area contributed by atoms with E-state index in [0.717, 1.165) is 44.5 Å². The summed E-state index contributed by atoms with van der Waals surface area (Å²) in [5.74, 6) is -0.0874. The minimum Gasteiger partial charge on any atom is -0.507 e. The zero-order valence-corrected chi connectivity index (χ0v) is 25.8. The number of rotatable bonds is 9. The molecule has 2 aromatic carbocycles. The van der Waals surface area contributed by atoms with Crippen molar-refractivity contribution in [3.8, 4) is 11.5 Å². The first-order valence-corrected chi connectivity index (χ1v) is 13.8. The molecule has 0 spiro atoms. The zero-order chi connectivity index (χ0) is 29.9. The van der Waals surface area contributed by atoms with Gasteiger partial charge in [0.05, 0.1) is 0 Å². The molecule has 0 saturated carbocycles. The minimum atomic E-state index is -0.556. The Morgan fingerprint density at radius 2 is 1.10 bits per heavy atom. The highest BCUT2D eigenvalue weighted by atomic mass is 16.6. The average molecular weight is 541 g/mol. The number of aromatic hydroxyl groups is 2. The molecule has 2 N–H and O–H groups in total. The summed E-state index contributed by atoms with van der Waals surface area (Å²) in [5.41, 5.74) is 6.94. The van der Waals surface area contributed by atoms with E-state index in [0.29, 0.717) is 24.3 Å². The first-order chi connectivity index (χ1) is 17.8. The molecule has 0 heterocycles. The van der Waals surface area contributed by atoms with Crippen LogP contribution in [0.3, 0.4) is 0 Å². The van der Waals surface area contributed by atoms with E-state index >= 15 is 0 Å². The Morgan fingerprint density at radius 3 is 1.49 bits per heavy atom. The highest BCUT2D eigenvalue weighted by Crippen LogP contribution is 2.37. The summed E-state index contributed by atoms with van der Waals surface area (Å²) in [5, 5.41) is 21.2. The van der Waals surface area contributed by atoms with Crippen molar-refractivity contribution in [3.63, 3.8) is 0 Å². The lowest BCUT2D eigenvalue weighted by molar-refractivity contribution is -0.157. The van der Waals surface area contributed by atoms with Crippen LogP contribution in [0.25, 0.3) is 0 Å². The van der Waals surface area contributed by atoms with Gasteiger partial charge in [-0.1, -0.05) is 53.7 Å². The fourth-order valence-electron chi connectivity index (χ4n) is 4.68. The van der Waals surface area contributed by atoms with Gasteiger partial charge in [0.2, 0.25) is 0 Å². The van der Waals surface area contributed by atoms with Crippen LogP contribution in [0.15, 0.2) is 12.1 Å². The van der Waals surface area contributed by atoms with Crippen molar-refractivity contribution < 1.29 is 29.3 Å². The van der Waals surface area contributed by atoms with Gasteiger partial charge in [0.1, 0.15) is 24.2 Å². The van der Waals surface area contributed by atoms with Gasteiger partial charge in [0, 0.05) is 12.8 Å². The molecule has 0 fully saturated rings. The predicted molar refractivity (Wildman–Crippen MR) is 156 cm³/mol. The van der Waals surface area contributed by atoms with E-state index in [-0.39, 0.29) is 42.2 Å². The normalized spacial score (nSPS) is 12.8. The van der Waals surface area contributed by atoms with Gasteiger partial charge in [-0.05, 0) is 103 Å². The van der Waals surface area contributed by atoms with Gasteiger partial charge in [-0.15, -0.1) is 0 Å². The molecule has 0 amide bonds. The van der Waals surface area contributed by atoms with Crippen molar-refractivity contribution in [2.45, 2.75) is 119 Å². The molecule has 0 bridgehead atoms. The van der Waals surface area contributed by atoms with Crippen LogP contribution in [0.5, 0.6) is 11.5 Å². The summed E-state index contributed by atoms with van der Waals surface area (Å²) in [6.45, 7) is 21.7. The molecule has 2 aromatic rings. The number of hydrogen-bond donors (Lipinski definition) is 2.